The quantitative estimate of drug-likeness (QED) is 0.745. The predicted octanol–water partition coefficient (Wildman–Crippen LogP) is 3.07. The molecule has 3 N–H and O–H groups in total. The monoisotopic (exact) mass is 263 g/mol. The second-order valence-corrected chi connectivity index (χ2v) is 4.16. The van der Waals surface area contributed by atoms with Gasteiger partial charge in [0, 0.05) is 22.7 Å². The molecule has 18 heavy (non-hydrogen) atoms. The van der Waals surface area contributed by atoms with E-state index in [1.807, 2.05) is 18.3 Å². The number of halogens is 1. The minimum atomic E-state index is 0.123. The summed E-state index contributed by atoms with van der Waals surface area (Å²) in [6.07, 6.45) is 3.31. The number of anilines is 1. The van der Waals surface area contributed by atoms with Crippen LogP contribution in [-0.4, -0.2) is 17.1 Å². The number of ether oxygens (including phenoxy) is 1. The highest BCUT2D eigenvalue weighted by Crippen LogP contribution is 2.38. The van der Waals surface area contributed by atoms with Gasteiger partial charge in [-0.05, 0) is 12.1 Å². The van der Waals surface area contributed by atoms with Gasteiger partial charge in [-0.3, -0.25) is 0 Å². The molecule has 0 bridgehead atoms. The highest BCUT2D eigenvalue weighted by Gasteiger charge is 2.15. The lowest BCUT2D eigenvalue weighted by atomic mass is 10.1. The van der Waals surface area contributed by atoms with E-state index in [1.54, 1.807) is 7.11 Å². The molecule has 0 radical (unpaired) electrons. The summed E-state index contributed by atoms with van der Waals surface area (Å²) in [4.78, 5) is 7.22. The van der Waals surface area contributed by atoms with Crippen molar-refractivity contribution < 1.29 is 9.15 Å². The number of nitrogens with two attached hydrogens (primary N) is 1. The minimum Gasteiger partial charge on any atom is -0.495 e. The second-order valence-electron chi connectivity index (χ2n) is 3.78. The Morgan fingerprint density at radius 3 is 2.94 bits per heavy atom. The van der Waals surface area contributed by atoms with Crippen LogP contribution in [0.1, 0.15) is 0 Å². The van der Waals surface area contributed by atoms with Gasteiger partial charge < -0.3 is 19.9 Å². The van der Waals surface area contributed by atoms with Gasteiger partial charge in [-0.25, -0.2) is 0 Å². The van der Waals surface area contributed by atoms with Crippen LogP contribution in [0.15, 0.2) is 29.0 Å². The molecular formula is C12H10ClN3O2. The van der Waals surface area contributed by atoms with E-state index in [4.69, 9.17) is 26.5 Å². The molecule has 6 heteroatoms. The fourth-order valence-electron chi connectivity index (χ4n) is 1.93. The number of nitrogen functional groups attached to an aromatic ring is 1. The molecule has 0 saturated heterocycles. The van der Waals surface area contributed by atoms with Crippen molar-refractivity contribution in [2.75, 3.05) is 12.8 Å². The molecule has 0 fully saturated rings. The van der Waals surface area contributed by atoms with Crippen molar-refractivity contribution in [3.05, 3.63) is 29.6 Å². The smallest absolute Gasteiger partial charge is 0.292 e. The maximum absolute atomic E-state index is 6.31. The Morgan fingerprint density at radius 2 is 2.28 bits per heavy atom. The van der Waals surface area contributed by atoms with E-state index in [9.17, 15) is 0 Å². The normalized spacial score (nSPS) is 11.0. The van der Waals surface area contributed by atoms with Crippen molar-refractivity contribution in [2.45, 2.75) is 0 Å². The topological polar surface area (TPSA) is 77.1 Å². The molecule has 0 amide bonds. The summed E-state index contributed by atoms with van der Waals surface area (Å²) >= 11 is 6.31. The zero-order valence-corrected chi connectivity index (χ0v) is 10.3. The number of nitrogens with one attached hydrogen (secondary N) is 1. The zero-order chi connectivity index (χ0) is 12.7. The Morgan fingerprint density at radius 1 is 1.44 bits per heavy atom. The molecule has 2 heterocycles. The second kappa shape index (κ2) is 3.96. The van der Waals surface area contributed by atoms with E-state index in [-0.39, 0.29) is 6.01 Å². The van der Waals surface area contributed by atoms with Crippen LogP contribution >= 0.6 is 11.6 Å². The highest BCUT2D eigenvalue weighted by atomic mass is 35.5. The number of hydrogen-bond acceptors (Lipinski definition) is 4. The fraction of sp³-hybridized carbons (Fsp3) is 0.0833. The molecule has 2 aromatic heterocycles. The molecule has 0 spiro atoms. The third-order valence-corrected chi connectivity index (χ3v) is 3.14. The summed E-state index contributed by atoms with van der Waals surface area (Å²) in [6, 6.07) is 3.83. The SMILES string of the molecule is COc1ccc2[nH]cc(-c3coc(N)n3)c2c1Cl. The summed E-state index contributed by atoms with van der Waals surface area (Å²) in [5.74, 6) is 0.612. The molecule has 0 aliphatic carbocycles. The molecule has 0 unspecified atom stereocenters. The van der Waals surface area contributed by atoms with Crippen LogP contribution in [0, 0.1) is 0 Å². The number of methoxy groups -OCH3 is 1. The first-order valence-corrected chi connectivity index (χ1v) is 5.63. The van der Waals surface area contributed by atoms with Crippen LogP contribution < -0.4 is 10.5 Å². The first-order chi connectivity index (χ1) is 8.70. The maximum atomic E-state index is 6.31. The zero-order valence-electron chi connectivity index (χ0n) is 9.53. The Hall–Kier alpha value is -2.14. The fourth-order valence-corrected chi connectivity index (χ4v) is 2.28. The molecule has 0 saturated carbocycles. The van der Waals surface area contributed by atoms with Crippen LogP contribution in [0.2, 0.25) is 5.02 Å². The molecule has 3 rings (SSSR count). The van der Waals surface area contributed by atoms with E-state index >= 15 is 0 Å². The number of fused-ring (bicyclic) bond motifs is 1. The number of rotatable bonds is 2. The van der Waals surface area contributed by atoms with E-state index in [2.05, 4.69) is 9.97 Å². The van der Waals surface area contributed by atoms with Crippen LogP contribution in [0.4, 0.5) is 6.01 Å². The Kier molecular flexibility index (Phi) is 2.41. The number of nitrogens with zero attached hydrogens (tertiary/aromatic N) is 1. The van der Waals surface area contributed by atoms with Crippen molar-refractivity contribution in [3.63, 3.8) is 0 Å². The Balaban J connectivity index is 2.30. The highest BCUT2D eigenvalue weighted by molar-refractivity contribution is 6.38. The van der Waals surface area contributed by atoms with Crippen LogP contribution in [0.5, 0.6) is 5.75 Å². The Labute approximate surface area is 108 Å². The summed E-state index contributed by atoms with van der Waals surface area (Å²) in [5.41, 5.74) is 7.84. The van der Waals surface area contributed by atoms with Gasteiger partial charge in [-0.15, -0.1) is 0 Å². The van der Waals surface area contributed by atoms with Crippen molar-refractivity contribution in [1.29, 1.82) is 0 Å². The average Bonchev–Trinajstić information content (AvgIpc) is 2.96. The first-order valence-electron chi connectivity index (χ1n) is 5.25. The number of aromatic nitrogens is 2. The summed E-state index contributed by atoms with van der Waals surface area (Å²) < 4.78 is 10.2. The lowest BCUT2D eigenvalue weighted by Crippen LogP contribution is -1.86. The van der Waals surface area contributed by atoms with Crippen molar-refractivity contribution in [2.24, 2.45) is 0 Å². The van der Waals surface area contributed by atoms with Gasteiger partial charge >= 0.3 is 0 Å². The summed E-state index contributed by atoms with van der Waals surface area (Å²) in [7, 11) is 1.58. The van der Waals surface area contributed by atoms with Crippen LogP contribution in [0.3, 0.4) is 0 Å². The molecule has 5 nitrogen and oxygen atoms in total. The average molecular weight is 264 g/mol. The number of aromatic amines is 1. The van der Waals surface area contributed by atoms with Crippen molar-refractivity contribution in [1.82, 2.24) is 9.97 Å². The molecule has 0 atom stereocenters. The van der Waals surface area contributed by atoms with Gasteiger partial charge in [-0.1, -0.05) is 11.6 Å². The molecule has 92 valence electrons. The third-order valence-electron chi connectivity index (χ3n) is 2.77. The van der Waals surface area contributed by atoms with Gasteiger partial charge in [0.2, 0.25) is 0 Å². The summed E-state index contributed by atoms with van der Waals surface area (Å²) in [6.45, 7) is 0. The number of hydrogen-bond donors (Lipinski definition) is 2. The number of H-pyrrole nitrogens is 1. The van der Waals surface area contributed by atoms with Gasteiger partial charge in [0.15, 0.2) is 0 Å². The molecule has 0 aliphatic rings. The first kappa shape index (κ1) is 11.0. The lowest BCUT2D eigenvalue weighted by Gasteiger charge is -2.04. The number of oxazole rings is 1. The predicted molar refractivity (Wildman–Crippen MR) is 69.8 cm³/mol. The number of benzene rings is 1. The lowest BCUT2D eigenvalue weighted by molar-refractivity contribution is 0.415. The van der Waals surface area contributed by atoms with Gasteiger partial charge in [0.1, 0.15) is 17.7 Å². The van der Waals surface area contributed by atoms with Crippen molar-refractivity contribution >= 4 is 28.5 Å². The van der Waals surface area contributed by atoms with Gasteiger partial charge in [-0.2, -0.15) is 4.98 Å². The van der Waals surface area contributed by atoms with Gasteiger partial charge in [0.25, 0.3) is 6.01 Å². The van der Waals surface area contributed by atoms with Crippen LogP contribution in [-0.2, 0) is 0 Å². The summed E-state index contributed by atoms with van der Waals surface area (Å²) in [5, 5.41) is 1.37. The van der Waals surface area contributed by atoms with E-state index in [1.165, 1.54) is 6.26 Å². The van der Waals surface area contributed by atoms with Gasteiger partial charge in [0.05, 0.1) is 12.1 Å². The standard InChI is InChI=1S/C12H10ClN3O2/c1-17-9-3-2-7-10(11(9)13)6(4-15-7)8-5-18-12(14)16-8/h2-5,15H,1H3,(H2,14,16). The Bertz CT molecular complexity index is 717. The van der Waals surface area contributed by atoms with E-state index in [0.717, 1.165) is 16.5 Å². The minimum absolute atomic E-state index is 0.123. The van der Waals surface area contributed by atoms with Crippen molar-refractivity contribution in [3.8, 4) is 17.0 Å². The largest absolute Gasteiger partial charge is 0.495 e. The molecule has 1 aromatic carbocycles. The van der Waals surface area contributed by atoms with E-state index < -0.39 is 0 Å². The molecular weight excluding hydrogens is 254 g/mol. The maximum Gasteiger partial charge on any atom is 0.292 e. The molecule has 0 aliphatic heterocycles. The van der Waals surface area contributed by atoms with E-state index in [0.29, 0.717) is 16.5 Å². The van der Waals surface area contributed by atoms with Crippen LogP contribution in [0.25, 0.3) is 22.2 Å². The third kappa shape index (κ3) is 1.52. The molecule has 3 aromatic rings.